The molecule has 0 amide bonds. The zero-order chi connectivity index (χ0) is 19.9. The molecule has 1 aliphatic rings. The van der Waals surface area contributed by atoms with Crippen LogP contribution in [0.5, 0.6) is 0 Å². The molecule has 29 heavy (non-hydrogen) atoms. The molecule has 2 heterocycles. The van der Waals surface area contributed by atoms with Gasteiger partial charge in [0.05, 0.1) is 5.52 Å². The van der Waals surface area contributed by atoms with E-state index in [4.69, 9.17) is 0 Å². The Kier molecular flexibility index (Phi) is 6.88. The number of aryl methyl sites for hydroxylation is 1. The van der Waals surface area contributed by atoms with Crippen LogP contribution in [0.1, 0.15) is 24.0 Å². The summed E-state index contributed by atoms with van der Waals surface area (Å²) in [6.07, 6.45) is 5.01. The normalized spacial score (nSPS) is 18.3. The van der Waals surface area contributed by atoms with Crippen LogP contribution in [-0.2, 0) is 13.0 Å². The van der Waals surface area contributed by atoms with Crippen LogP contribution >= 0.6 is 0 Å². The summed E-state index contributed by atoms with van der Waals surface area (Å²) in [5.74, 6) is 0. The first-order valence-corrected chi connectivity index (χ1v) is 10.8. The molecule has 1 fully saturated rings. The number of fused-ring (bicyclic) bond motifs is 1. The van der Waals surface area contributed by atoms with Crippen molar-refractivity contribution in [1.82, 2.24) is 14.8 Å². The highest BCUT2D eigenvalue weighted by atomic mass is 16.3. The van der Waals surface area contributed by atoms with Gasteiger partial charge < -0.3 is 5.11 Å². The molecule has 0 aliphatic carbocycles. The van der Waals surface area contributed by atoms with E-state index in [-0.39, 0.29) is 6.61 Å². The molecule has 0 saturated carbocycles. The summed E-state index contributed by atoms with van der Waals surface area (Å²) in [7, 11) is 0. The summed E-state index contributed by atoms with van der Waals surface area (Å²) in [5.41, 5.74) is 3.82. The van der Waals surface area contributed by atoms with Crippen LogP contribution in [0.2, 0.25) is 0 Å². The number of aliphatic hydroxyl groups excluding tert-OH is 1. The Labute approximate surface area is 173 Å². The van der Waals surface area contributed by atoms with E-state index in [9.17, 15) is 5.11 Å². The van der Waals surface area contributed by atoms with Crippen molar-refractivity contribution < 1.29 is 5.11 Å². The maximum atomic E-state index is 9.60. The van der Waals surface area contributed by atoms with Crippen molar-refractivity contribution in [2.24, 2.45) is 0 Å². The van der Waals surface area contributed by atoms with Crippen LogP contribution in [-0.4, -0.2) is 58.7 Å². The van der Waals surface area contributed by atoms with Crippen LogP contribution in [0.25, 0.3) is 10.9 Å². The number of pyridine rings is 1. The molecule has 0 bridgehead atoms. The molecule has 1 aromatic heterocycles. The molecule has 4 nitrogen and oxygen atoms in total. The first kappa shape index (κ1) is 20.0. The van der Waals surface area contributed by atoms with Crippen molar-refractivity contribution >= 4 is 10.9 Å². The van der Waals surface area contributed by atoms with Gasteiger partial charge >= 0.3 is 0 Å². The quantitative estimate of drug-likeness (QED) is 0.637. The molecular weight excluding hydrogens is 358 g/mol. The highest BCUT2D eigenvalue weighted by molar-refractivity contribution is 5.81. The highest BCUT2D eigenvalue weighted by Gasteiger charge is 2.26. The fraction of sp³-hybridized carbons (Fsp3) is 0.400. The predicted octanol–water partition coefficient (Wildman–Crippen LogP) is 3.74. The van der Waals surface area contributed by atoms with Gasteiger partial charge in [-0.15, -0.1) is 0 Å². The molecule has 2 aromatic carbocycles. The van der Waals surface area contributed by atoms with Crippen LogP contribution in [0.15, 0.2) is 66.9 Å². The fourth-order valence-corrected chi connectivity index (χ4v) is 4.48. The third-order valence-corrected chi connectivity index (χ3v) is 6.01. The van der Waals surface area contributed by atoms with Gasteiger partial charge in [0.15, 0.2) is 0 Å². The van der Waals surface area contributed by atoms with Crippen LogP contribution in [0.3, 0.4) is 0 Å². The van der Waals surface area contributed by atoms with Crippen molar-refractivity contribution in [2.75, 3.05) is 32.8 Å². The lowest BCUT2D eigenvalue weighted by Crippen LogP contribution is -2.53. The molecule has 0 spiro atoms. The van der Waals surface area contributed by atoms with E-state index in [1.165, 1.54) is 22.9 Å². The van der Waals surface area contributed by atoms with Gasteiger partial charge in [0.1, 0.15) is 0 Å². The molecule has 1 saturated heterocycles. The summed E-state index contributed by atoms with van der Waals surface area (Å²) in [4.78, 5) is 9.71. The van der Waals surface area contributed by atoms with Gasteiger partial charge in [-0.2, -0.15) is 0 Å². The highest BCUT2D eigenvalue weighted by Crippen LogP contribution is 2.21. The van der Waals surface area contributed by atoms with Gasteiger partial charge in [-0.3, -0.25) is 14.8 Å². The first-order chi connectivity index (χ1) is 14.3. The summed E-state index contributed by atoms with van der Waals surface area (Å²) >= 11 is 0. The van der Waals surface area contributed by atoms with Gasteiger partial charge in [-0.25, -0.2) is 0 Å². The van der Waals surface area contributed by atoms with Gasteiger partial charge in [0.25, 0.3) is 0 Å². The largest absolute Gasteiger partial charge is 0.396 e. The predicted molar refractivity (Wildman–Crippen MR) is 119 cm³/mol. The lowest BCUT2D eigenvalue weighted by molar-refractivity contribution is 0.0548. The second-order valence-corrected chi connectivity index (χ2v) is 8.02. The Hall–Kier alpha value is -2.27. The molecule has 0 radical (unpaired) electrons. The minimum Gasteiger partial charge on any atom is -0.396 e. The molecule has 1 N–H and O–H groups in total. The standard InChI is InChI=1S/C25H31N3O/c29-18-13-24-20-27(19-23-11-4-10-22-12-5-14-26-25(22)23)16-17-28(24)15-6-9-21-7-2-1-3-8-21/h1-5,7-8,10-12,14,24,29H,6,9,13,15-20H2/t24-/m1/s1. The third-order valence-electron chi connectivity index (χ3n) is 6.01. The smallest absolute Gasteiger partial charge is 0.0746 e. The van der Waals surface area contributed by atoms with E-state index in [1.54, 1.807) is 0 Å². The number of para-hydroxylation sites is 1. The van der Waals surface area contributed by atoms with E-state index in [0.717, 1.165) is 51.1 Å². The maximum absolute atomic E-state index is 9.60. The van der Waals surface area contributed by atoms with Crippen LogP contribution in [0.4, 0.5) is 0 Å². The van der Waals surface area contributed by atoms with Crippen LogP contribution in [0, 0.1) is 0 Å². The second-order valence-electron chi connectivity index (χ2n) is 8.02. The Morgan fingerprint density at radius 1 is 0.966 bits per heavy atom. The van der Waals surface area contributed by atoms with Gasteiger partial charge in [0, 0.05) is 50.4 Å². The molecule has 152 valence electrons. The summed E-state index contributed by atoms with van der Waals surface area (Å²) < 4.78 is 0. The Bertz CT molecular complexity index is 893. The second kappa shape index (κ2) is 9.97. The van der Waals surface area contributed by atoms with Crippen molar-refractivity contribution in [1.29, 1.82) is 0 Å². The number of aromatic nitrogens is 1. The topological polar surface area (TPSA) is 39.6 Å². The summed E-state index contributed by atoms with van der Waals surface area (Å²) in [5, 5.41) is 10.8. The Morgan fingerprint density at radius 2 is 1.83 bits per heavy atom. The van der Waals surface area contributed by atoms with Crippen molar-refractivity contribution in [3.8, 4) is 0 Å². The third kappa shape index (κ3) is 5.21. The fourth-order valence-electron chi connectivity index (χ4n) is 4.48. The number of nitrogens with zero attached hydrogens (tertiary/aromatic N) is 3. The molecule has 4 rings (SSSR count). The average molecular weight is 390 g/mol. The zero-order valence-electron chi connectivity index (χ0n) is 17.1. The SMILES string of the molecule is OCC[C@@H]1CN(Cc2cccc3cccnc23)CCN1CCCc1ccccc1. The first-order valence-electron chi connectivity index (χ1n) is 10.8. The van der Waals surface area contributed by atoms with Crippen molar-refractivity contribution in [3.63, 3.8) is 0 Å². The maximum Gasteiger partial charge on any atom is 0.0746 e. The van der Waals surface area contributed by atoms with Crippen molar-refractivity contribution in [2.45, 2.75) is 31.8 Å². The van der Waals surface area contributed by atoms with Crippen molar-refractivity contribution in [3.05, 3.63) is 78.0 Å². The van der Waals surface area contributed by atoms with E-state index in [0.29, 0.717) is 6.04 Å². The number of piperazine rings is 1. The average Bonchev–Trinajstić information content (AvgIpc) is 2.76. The number of benzene rings is 2. The summed E-state index contributed by atoms with van der Waals surface area (Å²) in [6, 6.07) is 21.7. The molecule has 4 heteroatoms. The Balaban J connectivity index is 1.36. The monoisotopic (exact) mass is 389 g/mol. The minimum absolute atomic E-state index is 0.253. The van der Waals surface area contributed by atoms with Gasteiger partial charge in [0.2, 0.25) is 0 Å². The number of hydrogen-bond acceptors (Lipinski definition) is 4. The van der Waals surface area contributed by atoms with E-state index < -0.39 is 0 Å². The van der Waals surface area contributed by atoms with E-state index >= 15 is 0 Å². The van der Waals surface area contributed by atoms with E-state index in [1.807, 2.05) is 12.3 Å². The Morgan fingerprint density at radius 3 is 2.69 bits per heavy atom. The van der Waals surface area contributed by atoms with Gasteiger partial charge in [-0.1, -0.05) is 54.6 Å². The lowest BCUT2D eigenvalue weighted by atomic mass is 10.0. The molecule has 0 unspecified atom stereocenters. The molecular formula is C25H31N3O. The zero-order valence-corrected chi connectivity index (χ0v) is 17.1. The number of aliphatic hydroxyl groups is 1. The van der Waals surface area contributed by atoms with Crippen LogP contribution < -0.4 is 0 Å². The number of hydrogen-bond donors (Lipinski definition) is 1. The van der Waals surface area contributed by atoms with Gasteiger partial charge in [-0.05, 0) is 43.0 Å². The summed E-state index contributed by atoms with van der Waals surface area (Å²) in [6.45, 7) is 5.42. The number of rotatable bonds is 8. The molecule has 3 aromatic rings. The molecule has 1 aliphatic heterocycles. The minimum atomic E-state index is 0.253. The van der Waals surface area contributed by atoms with E-state index in [2.05, 4.69) is 69.4 Å². The lowest BCUT2D eigenvalue weighted by Gasteiger charge is -2.41. The molecule has 1 atom stereocenters.